The first-order valence-electron chi connectivity index (χ1n) is 20.7. The Morgan fingerprint density at radius 1 is 0.569 bits per heavy atom. The predicted molar refractivity (Wildman–Crippen MR) is 235 cm³/mol. The Labute approximate surface area is 343 Å². The number of methoxy groups -OCH3 is 4. The minimum Gasteiger partial charge on any atom is -0.497 e. The highest BCUT2D eigenvalue weighted by Gasteiger charge is 2.48. The van der Waals surface area contributed by atoms with E-state index < -0.39 is 5.60 Å². The molecular weight excluding hydrogens is 721 g/mol. The SMILES string of the molecule is CCCCOc1ccc(C2(c3ccc(OC)cc3)C=Cc3c4c(c5cc(OC)ccc5c3O2)-c2ccc(-c3ccc(OC)cc3OC)cc2C4(CCC)CCC)cc1. The summed E-state index contributed by atoms with van der Waals surface area (Å²) < 4.78 is 36.8. The third-order valence-corrected chi connectivity index (χ3v) is 12.2. The van der Waals surface area contributed by atoms with Gasteiger partial charge in [-0.25, -0.2) is 0 Å². The Hall–Kier alpha value is -5.88. The zero-order valence-corrected chi connectivity index (χ0v) is 34.9. The van der Waals surface area contributed by atoms with E-state index in [2.05, 4.69) is 112 Å². The minimum atomic E-state index is -0.927. The van der Waals surface area contributed by atoms with Crippen LogP contribution in [0.1, 0.15) is 87.1 Å². The van der Waals surface area contributed by atoms with Gasteiger partial charge in [0.05, 0.1) is 35.0 Å². The zero-order chi connectivity index (χ0) is 40.4. The molecule has 58 heavy (non-hydrogen) atoms. The summed E-state index contributed by atoms with van der Waals surface area (Å²) in [6.07, 6.45) is 10.7. The molecule has 2 aliphatic rings. The first-order valence-corrected chi connectivity index (χ1v) is 20.7. The summed E-state index contributed by atoms with van der Waals surface area (Å²) in [6.45, 7) is 7.48. The van der Waals surface area contributed by atoms with Crippen molar-refractivity contribution in [2.75, 3.05) is 35.0 Å². The highest BCUT2D eigenvalue weighted by Crippen LogP contribution is 2.62. The van der Waals surface area contributed by atoms with Crippen molar-refractivity contribution in [2.24, 2.45) is 0 Å². The Balaban J connectivity index is 1.39. The Bertz CT molecular complexity index is 2460. The summed E-state index contributed by atoms with van der Waals surface area (Å²) in [7, 11) is 6.85. The molecule has 6 aromatic carbocycles. The van der Waals surface area contributed by atoms with Crippen molar-refractivity contribution in [1.29, 1.82) is 0 Å². The summed E-state index contributed by atoms with van der Waals surface area (Å²) >= 11 is 0. The Morgan fingerprint density at radius 3 is 1.83 bits per heavy atom. The van der Waals surface area contributed by atoms with Crippen LogP contribution in [-0.2, 0) is 11.0 Å². The number of ether oxygens (including phenoxy) is 6. The highest BCUT2D eigenvalue weighted by atomic mass is 16.5. The van der Waals surface area contributed by atoms with Crippen LogP contribution < -0.4 is 28.4 Å². The smallest absolute Gasteiger partial charge is 0.178 e. The maximum absolute atomic E-state index is 7.67. The van der Waals surface area contributed by atoms with Crippen molar-refractivity contribution in [3.63, 3.8) is 0 Å². The summed E-state index contributed by atoms with van der Waals surface area (Å²) in [5.74, 6) is 4.88. The molecule has 6 aromatic rings. The molecule has 6 nitrogen and oxygen atoms in total. The molecule has 0 aromatic heterocycles. The minimum absolute atomic E-state index is 0.267. The van der Waals surface area contributed by atoms with Crippen molar-refractivity contribution < 1.29 is 28.4 Å². The van der Waals surface area contributed by atoms with E-state index in [0.29, 0.717) is 6.61 Å². The Morgan fingerprint density at radius 2 is 1.19 bits per heavy atom. The van der Waals surface area contributed by atoms with Gasteiger partial charge in [-0.15, -0.1) is 0 Å². The lowest BCUT2D eigenvalue weighted by Gasteiger charge is -2.40. The molecule has 0 amide bonds. The van der Waals surface area contributed by atoms with Gasteiger partial charge in [-0.05, 0) is 119 Å². The van der Waals surface area contributed by atoms with Crippen LogP contribution in [0.3, 0.4) is 0 Å². The molecule has 1 aliphatic carbocycles. The van der Waals surface area contributed by atoms with Crippen LogP contribution in [0.2, 0.25) is 0 Å². The first kappa shape index (κ1) is 39.0. The molecule has 0 N–H and O–H groups in total. The number of fused-ring (bicyclic) bond motifs is 8. The molecule has 1 unspecified atom stereocenters. The van der Waals surface area contributed by atoms with E-state index in [0.717, 1.165) is 112 Å². The normalized spacial score (nSPS) is 15.9. The van der Waals surface area contributed by atoms with Crippen molar-refractivity contribution >= 4 is 16.8 Å². The summed E-state index contributed by atoms with van der Waals surface area (Å²) in [4.78, 5) is 0. The lowest BCUT2D eigenvalue weighted by Crippen LogP contribution is -2.35. The van der Waals surface area contributed by atoms with Crippen LogP contribution in [0, 0.1) is 0 Å². The second-order valence-electron chi connectivity index (χ2n) is 15.4. The third kappa shape index (κ3) is 6.43. The van der Waals surface area contributed by atoms with Gasteiger partial charge in [0.15, 0.2) is 5.60 Å². The van der Waals surface area contributed by atoms with Gasteiger partial charge in [0, 0.05) is 39.1 Å². The van der Waals surface area contributed by atoms with Crippen LogP contribution in [0.25, 0.3) is 39.1 Å². The number of benzene rings is 6. The third-order valence-electron chi connectivity index (χ3n) is 12.2. The number of unbranched alkanes of at least 4 members (excludes halogenated alkanes) is 1. The Kier molecular flexibility index (Phi) is 10.9. The van der Waals surface area contributed by atoms with Gasteiger partial charge in [0.2, 0.25) is 0 Å². The topological polar surface area (TPSA) is 55.4 Å². The summed E-state index contributed by atoms with van der Waals surface area (Å²) in [6, 6.07) is 36.1. The molecule has 1 atom stereocenters. The quantitative estimate of drug-likeness (QED) is 0.0969. The number of hydrogen-bond acceptors (Lipinski definition) is 6. The van der Waals surface area contributed by atoms with Crippen LogP contribution >= 0.6 is 0 Å². The van der Waals surface area contributed by atoms with Gasteiger partial charge < -0.3 is 28.4 Å². The molecule has 6 heteroatoms. The van der Waals surface area contributed by atoms with Gasteiger partial charge in [-0.1, -0.05) is 82.5 Å². The number of hydrogen-bond donors (Lipinski definition) is 0. The van der Waals surface area contributed by atoms with Crippen LogP contribution in [0.4, 0.5) is 0 Å². The first-order chi connectivity index (χ1) is 28.4. The van der Waals surface area contributed by atoms with Gasteiger partial charge in [0.25, 0.3) is 0 Å². The largest absolute Gasteiger partial charge is 0.497 e. The molecule has 0 spiro atoms. The van der Waals surface area contributed by atoms with Crippen molar-refractivity contribution in [2.45, 2.75) is 70.3 Å². The average Bonchev–Trinajstić information content (AvgIpc) is 3.55. The van der Waals surface area contributed by atoms with Crippen LogP contribution in [-0.4, -0.2) is 35.0 Å². The van der Waals surface area contributed by atoms with Crippen molar-refractivity contribution in [3.8, 4) is 56.8 Å². The number of rotatable bonds is 15. The molecule has 8 rings (SSSR count). The van der Waals surface area contributed by atoms with Gasteiger partial charge in [-0.3, -0.25) is 0 Å². The van der Waals surface area contributed by atoms with Gasteiger partial charge in [-0.2, -0.15) is 0 Å². The lowest BCUT2D eigenvalue weighted by atomic mass is 9.69. The molecule has 0 radical (unpaired) electrons. The fourth-order valence-electron chi connectivity index (χ4n) is 9.47. The second kappa shape index (κ2) is 16.2. The summed E-state index contributed by atoms with van der Waals surface area (Å²) in [5.41, 5.74) is 9.31. The fourth-order valence-corrected chi connectivity index (χ4v) is 9.47. The van der Waals surface area contributed by atoms with Crippen LogP contribution in [0.5, 0.6) is 34.5 Å². The highest BCUT2D eigenvalue weighted by molar-refractivity contribution is 6.09. The van der Waals surface area contributed by atoms with E-state index in [4.69, 9.17) is 28.4 Å². The maximum atomic E-state index is 7.67. The molecule has 1 aliphatic heterocycles. The maximum Gasteiger partial charge on any atom is 0.178 e. The monoisotopic (exact) mass is 774 g/mol. The van der Waals surface area contributed by atoms with E-state index in [1.54, 1.807) is 28.4 Å². The lowest BCUT2D eigenvalue weighted by molar-refractivity contribution is 0.163. The molecule has 298 valence electrons. The average molecular weight is 775 g/mol. The molecular formula is C52H54O6. The zero-order valence-electron chi connectivity index (χ0n) is 34.9. The van der Waals surface area contributed by atoms with Crippen LogP contribution in [0.15, 0.2) is 109 Å². The van der Waals surface area contributed by atoms with Crippen molar-refractivity contribution in [1.82, 2.24) is 0 Å². The van der Waals surface area contributed by atoms with E-state index in [1.165, 1.54) is 22.3 Å². The van der Waals surface area contributed by atoms with E-state index >= 15 is 0 Å². The molecule has 1 heterocycles. The summed E-state index contributed by atoms with van der Waals surface area (Å²) in [5, 5.41) is 2.17. The van der Waals surface area contributed by atoms with E-state index in [-0.39, 0.29) is 5.41 Å². The van der Waals surface area contributed by atoms with E-state index in [1.807, 2.05) is 24.3 Å². The second-order valence-corrected chi connectivity index (χ2v) is 15.4. The van der Waals surface area contributed by atoms with Gasteiger partial charge >= 0.3 is 0 Å². The predicted octanol–water partition coefficient (Wildman–Crippen LogP) is 12.9. The molecule has 0 bridgehead atoms. The molecule has 0 fully saturated rings. The van der Waals surface area contributed by atoms with E-state index in [9.17, 15) is 0 Å². The standard InChI is InChI=1S/C52H54O6/c1-8-11-30-57-38-19-15-36(16-20-38)52(35-13-17-37(53-4)18-14-35)29-26-44-49-48(45-32-39(54-5)22-25-42(45)50(44)58-52)43-23-12-34(31-46(43)51(49,27-9-2)28-10-3)41-24-21-40(55-6)33-47(41)56-7/h12-26,29,31-33H,8-11,27-28,30H2,1-7H3. The van der Waals surface area contributed by atoms with Gasteiger partial charge in [0.1, 0.15) is 34.5 Å². The molecule has 0 saturated carbocycles. The molecule has 0 saturated heterocycles. The fraction of sp³-hybridized carbons (Fsp3) is 0.308. The van der Waals surface area contributed by atoms with Crippen molar-refractivity contribution in [3.05, 3.63) is 137 Å².